The summed E-state index contributed by atoms with van der Waals surface area (Å²) in [6.07, 6.45) is -0.0936. The number of imide groups is 1. The first-order valence-electron chi connectivity index (χ1n) is 9.20. The van der Waals surface area contributed by atoms with Gasteiger partial charge in [0.05, 0.1) is 18.8 Å². The summed E-state index contributed by atoms with van der Waals surface area (Å²) < 4.78 is 4.91. The highest BCUT2D eigenvalue weighted by atomic mass is 32.2. The zero-order valence-corrected chi connectivity index (χ0v) is 17.1. The number of esters is 1. The van der Waals surface area contributed by atoms with Crippen molar-refractivity contribution in [2.75, 3.05) is 31.7 Å². The van der Waals surface area contributed by atoms with Crippen LogP contribution in [0.25, 0.3) is 0 Å². The van der Waals surface area contributed by atoms with E-state index in [4.69, 9.17) is 4.74 Å². The Morgan fingerprint density at radius 1 is 1.14 bits per heavy atom. The minimum atomic E-state index is -0.720. The summed E-state index contributed by atoms with van der Waals surface area (Å²) in [5.41, 5.74) is 0.888. The Labute approximate surface area is 168 Å². The Morgan fingerprint density at radius 3 is 2.36 bits per heavy atom. The largest absolute Gasteiger partial charge is 0.462 e. The van der Waals surface area contributed by atoms with Gasteiger partial charge in [0.2, 0.25) is 11.8 Å². The molecule has 28 heavy (non-hydrogen) atoms. The second kappa shape index (κ2) is 10.2. The fourth-order valence-electron chi connectivity index (χ4n) is 2.66. The molecule has 1 aliphatic rings. The van der Waals surface area contributed by atoms with E-state index in [0.29, 0.717) is 11.3 Å². The lowest BCUT2D eigenvalue weighted by atomic mass is 10.2. The molecule has 2 rings (SSSR count). The monoisotopic (exact) mass is 407 g/mol. The highest BCUT2D eigenvalue weighted by molar-refractivity contribution is 8.15. The first kappa shape index (κ1) is 21.9. The van der Waals surface area contributed by atoms with Crippen LogP contribution in [0, 0.1) is 0 Å². The molecule has 8 nitrogen and oxygen atoms in total. The molecule has 1 aliphatic heterocycles. The van der Waals surface area contributed by atoms with E-state index in [1.165, 1.54) is 4.90 Å². The van der Waals surface area contributed by atoms with Crippen molar-refractivity contribution in [2.24, 2.45) is 0 Å². The van der Waals surface area contributed by atoms with E-state index < -0.39 is 11.2 Å². The number of amides is 3. The molecule has 9 heteroatoms. The Bertz CT molecular complexity index is 734. The van der Waals surface area contributed by atoms with E-state index in [9.17, 15) is 19.2 Å². The molecule has 1 aromatic rings. The summed E-state index contributed by atoms with van der Waals surface area (Å²) in [4.78, 5) is 51.7. The van der Waals surface area contributed by atoms with Gasteiger partial charge in [-0.15, -0.1) is 0 Å². The molecule has 0 aliphatic carbocycles. The van der Waals surface area contributed by atoms with Gasteiger partial charge in [-0.1, -0.05) is 25.6 Å². The van der Waals surface area contributed by atoms with Crippen molar-refractivity contribution >= 4 is 40.5 Å². The molecule has 0 bridgehead atoms. The molecule has 1 aromatic carbocycles. The van der Waals surface area contributed by atoms with Crippen molar-refractivity contribution < 1.29 is 23.9 Å². The van der Waals surface area contributed by atoms with Gasteiger partial charge < -0.3 is 10.1 Å². The van der Waals surface area contributed by atoms with Crippen molar-refractivity contribution in [3.63, 3.8) is 0 Å². The topological polar surface area (TPSA) is 96.0 Å². The molecule has 1 unspecified atom stereocenters. The summed E-state index contributed by atoms with van der Waals surface area (Å²) in [6, 6.07) is 6.29. The average molecular weight is 407 g/mol. The maximum atomic E-state index is 12.5. The third kappa shape index (κ3) is 5.56. The van der Waals surface area contributed by atoms with Gasteiger partial charge in [0.15, 0.2) is 0 Å². The van der Waals surface area contributed by atoms with E-state index in [2.05, 4.69) is 5.32 Å². The van der Waals surface area contributed by atoms with Gasteiger partial charge in [-0.2, -0.15) is 0 Å². The van der Waals surface area contributed by atoms with Gasteiger partial charge in [-0.3, -0.25) is 24.2 Å². The van der Waals surface area contributed by atoms with Crippen LogP contribution < -0.4 is 5.32 Å². The molecule has 0 saturated carbocycles. The van der Waals surface area contributed by atoms with Gasteiger partial charge >= 0.3 is 5.97 Å². The number of carbonyl (C=O) groups is 4. The zero-order valence-electron chi connectivity index (χ0n) is 16.3. The number of benzene rings is 1. The van der Waals surface area contributed by atoms with Gasteiger partial charge in [0, 0.05) is 12.1 Å². The lowest BCUT2D eigenvalue weighted by molar-refractivity contribution is -0.130. The number of nitrogens with one attached hydrogen (secondary N) is 1. The maximum Gasteiger partial charge on any atom is 0.338 e. The normalized spacial score (nSPS) is 16.6. The smallest absolute Gasteiger partial charge is 0.338 e. The van der Waals surface area contributed by atoms with E-state index in [1.54, 1.807) is 31.2 Å². The Hall–Kier alpha value is -2.39. The van der Waals surface area contributed by atoms with Crippen LogP contribution in [0.3, 0.4) is 0 Å². The lowest BCUT2D eigenvalue weighted by Gasteiger charge is -2.23. The third-order valence-corrected chi connectivity index (χ3v) is 5.37. The van der Waals surface area contributed by atoms with E-state index >= 15 is 0 Å². The number of nitrogens with zero attached hydrogens (tertiary/aromatic N) is 2. The highest BCUT2D eigenvalue weighted by Crippen LogP contribution is 2.29. The van der Waals surface area contributed by atoms with Crippen LogP contribution in [0.4, 0.5) is 10.5 Å². The van der Waals surface area contributed by atoms with E-state index in [0.717, 1.165) is 24.9 Å². The van der Waals surface area contributed by atoms with Crippen molar-refractivity contribution in [2.45, 2.75) is 32.4 Å². The van der Waals surface area contributed by atoms with Crippen LogP contribution in [0.15, 0.2) is 24.3 Å². The summed E-state index contributed by atoms with van der Waals surface area (Å²) in [6.45, 7) is 7.62. The molecule has 1 N–H and O–H groups in total. The van der Waals surface area contributed by atoms with Crippen molar-refractivity contribution in [3.05, 3.63) is 29.8 Å². The highest BCUT2D eigenvalue weighted by Gasteiger charge is 2.41. The summed E-state index contributed by atoms with van der Waals surface area (Å²) in [5.74, 6) is -1.14. The fourth-order valence-corrected chi connectivity index (χ4v) is 3.65. The average Bonchev–Trinajstić information content (AvgIpc) is 2.93. The van der Waals surface area contributed by atoms with Crippen LogP contribution in [0.2, 0.25) is 0 Å². The number of anilines is 1. The van der Waals surface area contributed by atoms with Crippen molar-refractivity contribution in [1.29, 1.82) is 0 Å². The first-order valence-corrected chi connectivity index (χ1v) is 10.1. The number of thioether (sulfide) groups is 1. The van der Waals surface area contributed by atoms with Gasteiger partial charge in [0.1, 0.15) is 5.25 Å². The molecular formula is C19H25N3O5S. The molecule has 0 aromatic heterocycles. The number of hydrogen-bond acceptors (Lipinski definition) is 7. The first-order chi connectivity index (χ1) is 13.4. The quantitative estimate of drug-likeness (QED) is 0.629. The SMILES string of the molecule is CCOC(=O)c1ccc(NC(=O)CC2SC(=O)N(CN(CC)CC)C2=O)cc1. The second-order valence-corrected chi connectivity index (χ2v) is 7.29. The van der Waals surface area contributed by atoms with Crippen LogP contribution in [-0.4, -0.2) is 64.4 Å². The number of ether oxygens (including phenoxy) is 1. The third-order valence-electron chi connectivity index (χ3n) is 4.29. The molecule has 1 fully saturated rings. The minimum Gasteiger partial charge on any atom is -0.462 e. The Balaban J connectivity index is 1.91. The maximum absolute atomic E-state index is 12.5. The predicted molar refractivity (Wildman–Crippen MR) is 107 cm³/mol. The van der Waals surface area contributed by atoms with Crippen molar-refractivity contribution in [3.8, 4) is 0 Å². The Kier molecular flexibility index (Phi) is 8.01. The molecule has 1 heterocycles. The van der Waals surface area contributed by atoms with Crippen molar-refractivity contribution in [1.82, 2.24) is 9.80 Å². The van der Waals surface area contributed by atoms with Crippen LogP contribution in [-0.2, 0) is 14.3 Å². The number of carbonyl (C=O) groups excluding carboxylic acids is 4. The zero-order chi connectivity index (χ0) is 20.7. The van der Waals surface area contributed by atoms with Crippen LogP contribution >= 0.6 is 11.8 Å². The van der Waals surface area contributed by atoms with Crippen LogP contribution in [0.1, 0.15) is 37.6 Å². The minimum absolute atomic E-state index is 0.0936. The van der Waals surface area contributed by atoms with Gasteiger partial charge in [-0.05, 0) is 44.3 Å². The summed E-state index contributed by atoms with van der Waals surface area (Å²) in [5, 5.41) is 1.64. The van der Waals surface area contributed by atoms with E-state index in [1.807, 2.05) is 18.7 Å². The molecule has 1 saturated heterocycles. The molecule has 152 valence electrons. The second-order valence-electron chi connectivity index (χ2n) is 6.13. The van der Waals surface area contributed by atoms with Gasteiger partial charge in [-0.25, -0.2) is 4.79 Å². The molecular weight excluding hydrogens is 382 g/mol. The molecule has 3 amide bonds. The predicted octanol–water partition coefficient (Wildman–Crippen LogP) is 2.56. The molecule has 0 spiro atoms. The van der Waals surface area contributed by atoms with E-state index in [-0.39, 0.29) is 36.7 Å². The number of hydrogen-bond donors (Lipinski definition) is 1. The summed E-state index contributed by atoms with van der Waals surface area (Å²) >= 11 is 0.884. The lowest BCUT2D eigenvalue weighted by Crippen LogP contribution is -2.42. The molecule has 0 radical (unpaired) electrons. The summed E-state index contributed by atoms with van der Waals surface area (Å²) in [7, 11) is 0. The van der Waals surface area contributed by atoms with Crippen LogP contribution in [0.5, 0.6) is 0 Å². The Morgan fingerprint density at radius 2 is 1.79 bits per heavy atom. The van der Waals surface area contributed by atoms with Gasteiger partial charge in [0.25, 0.3) is 5.24 Å². The standard InChI is InChI=1S/C19H25N3O5S/c1-4-21(5-2)12-22-17(24)15(28-19(22)26)11-16(23)20-14-9-7-13(8-10-14)18(25)27-6-3/h7-10,15H,4-6,11-12H2,1-3H3,(H,20,23). The fraction of sp³-hybridized carbons (Fsp3) is 0.474. The molecule has 1 atom stereocenters. The number of rotatable bonds is 9.